The molecule has 6 heteroatoms. The molecule has 2 aromatic carbocycles. The third-order valence-electron chi connectivity index (χ3n) is 5.59. The van der Waals surface area contributed by atoms with Crippen molar-refractivity contribution in [1.82, 2.24) is 4.90 Å². The lowest BCUT2D eigenvalue weighted by Crippen LogP contribution is -2.32. The number of amides is 1. The van der Waals surface area contributed by atoms with Crippen molar-refractivity contribution in [2.24, 2.45) is 0 Å². The highest BCUT2D eigenvalue weighted by molar-refractivity contribution is 5.99. The van der Waals surface area contributed by atoms with Crippen LogP contribution < -0.4 is 5.43 Å². The van der Waals surface area contributed by atoms with Crippen molar-refractivity contribution in [2.45, 2.75) is 46.3 Å². The van der Waals surface area contributed by atoms with Crippen LogP contribution >= 0.6 is 0 Å². The molecule has 0 aliphatic carbocycles. The zero-order valence-electron chi connectivity index (χ0n) is 18.2. The Bertz CT molecular complexity index is 1210. The molecule has 31 heavy (non-hydrogen) atoms. The summed E-state index contributed by atoms with van der Waals surface area (Å²) >= 11 is 0. The average molecular weight is 423 g/mol. The van der Waals surface area contributed by atoms with Crippen molar-refractivity contribution >= 4 is 16.9 Å². The van der Waals surface area contributed by atoms with Crippen molar-refractivity contribution in [1.29, 1.82) is 0 Å². The number of halogens is 1. The minimum atomic E-state index is -0.829. The van der Waals surface area contributed by atoms with Gasteiger partial charge in [0.1, 0.15) is 11.4 Å². The van der Waals surface area contributed by atoms with Crippen molar-refractivity contribution < 1.29 is 18.3 Å². The van der Waals surface area contributed by atoms with Gasteiger partial charge >= 0.3 is 0 Å². The van der Waals surface area contributed by atoms with Gasteiger partial charge in [0.25, 0.3) is 5.91 Å². The fourth-order valence-corrected chi connectivity index (χ4v) is 4.28. The van der Waals surface area contributed by atoms with Crippen LogP contribution in [0.15, 0.2) is 45.6 Å². The molecular weight excluding hydrogens is 397 g/mol. The number of rotatable bonds is 6. The second-order valence-corrected chi connectivity index (χ2v) is 8.33. The second kappa shape index (κ2) is 8.27. The Morgan fingerprint density at radius 3 is 2.61 bits per heavy atom. The molecule has 162 valence electrons. The lowest BCUT2D eigenvalue weighted by atomic mass is 9.97. The summed E-state index contributed by atoms with van der Waals surface area (Å²) in [6.45, 7) is 8.42. The van der Waals surface area contributed by atoms with Gasteiger partial charge in [0.2, 0.25) is 5.76 Å². The van der Waals surface area contributed by atoms with Crippen molar-refractivity contribution in [3.8, 4) is 0 Å². The number of benzene rings is 2. The molecule has 0 saturated carbocycles. The molecule has 0 radical (unpaired) electrons. The van der Waals surface area contributed by atoms with Gasteiger partial charge in [-0.3, -0.25) is 9.59 Å². The van der Waals surface area contributed by atoms with E-state index in [4.69, 9.17) is 9.15 Å². The highest BCUT2D eigenvalue weighted by Crippen LogP contribution is 2.39. The van der Waals surface area contributed by atoms with E-state index in [0.29, 0.717) is 30.5 Å². The maximum Gasteiger partial charge on any atom is 0.290 e. The van der Waals surface area contributed by atoms with Gasteiger partial charge < -0.3 is 14.1 Å². The van der Waals surface area contributed by atoms with E-state index in [9.17, 15) is 14.0 Å². The maximum atomic E-state index is 14.8. The van der Waals surface area contributed by atoms with Gasteiger partial charge in [-0.15, -0.1) is 0 Å². The minimum absolute atomic E-state index is 0.00230. The molecule has 0 bridgehead atoms. The zero-order valence-corrected chi connectivity index (χ0v) is 18.2. The lowest BCUT2D eigenvalue weighted by Gasteiger charge is -2.25. The fraction of sp³-hybridized carbons (Fsp3) is 0.360. The number of ether oxygens (including phenoxy) is 1. The van der Waals surface area contributed by atoms with Gasteiger partial charge in [0.15, 0.2) is 5.43 Å². The highest BCUT2D eigenvalue weighted by atomic mass is 19.1. The van der Waals surface area contributed by atoms with Crippen LogP contribution in [0, 0.1) is 19.7 Å². The van der Waals surface area contributed by atoms with Gasteiger partial charge in [0, 0.05) is 18.7 Å². The quantitative estimate of drug-likeness (QED) is 0.529. The number of carbonyl (C=O) groups excluding carboxylic acids is 1. The molecule has 1 atom stereocenters. The van der Waals surface area contributed by atoms with E-state index < -0.39 is 17.8 Å². The first-order chi connectivity index (χ1) is 14.8. The number of carbonyl (C=O) groups is 1. The predicted octanol–water partition coefficient (Wildman–Crippen LogP) is 4.91. The molecule has 3 aromatic rings. The molecule has 0 saturated heterocycles. The number of aryl methyl sites for hydroxylation is 2. The van der Waals surface area contributed by atoms with E-state index in [0.717, 1.165) is 11.1 Å². The summed E-state index contributed by atoms with van der Waals surface area (Å²) in [5.74, 6) is -0.856. The van der Waals surface area contributed by atoms with Gasteiger partial charge in [0.05, 0.1) is 23.1 Å². The summed E-state index contributed by atoms with van der Waals surface area (Å²) in [7, 11) is 0. The third kappa shape index (κ3) is 3.76. The molecule has 0 fully saturated rings. The molecule has 1 aliphatic rings. The largest absolute Gasteiger partial charge is 0.450 e. The molecule has 4 rings (SSSR count). The zero-order chi connectivity index (χ0) is 22.3. The summed E-state index contributed by atoms with van der Waals surface area (Å²) in [6.07, 6.45) is 0.642. The van der Waals surface area contributed by atoms with Gasteiger partial charge in [-0.05, 0) is 57.4 Å². The molecule has 0 spiro atoms. The Labute approximate surface area is 180 Å². The Balaban J connectivity index is 1.87. The third-order valence-corrected chi connectivity index (χ3v) is 5.59. The molecule has 1 amide bonds. The number of nitrogens with zero attached hydrogens (tertiary/aromatic N) is 1. The summed E-state index contributed by atoms with van der Waals surface area (Å²) in [4.78, 5) is 28.4. The van der Waals surface area contributed by atoms with E-state index >= 15 is 0 Å². The summed E-state index contributed by atoms with van der Waals surface area (Å²) in [6, 6.07) is 9.09. The molecule has 2 heterocycles. The smallest absolute Gasteiger partial charge is 0.290 e. The normalized spacial score (nSPS) is 15.9. The Morgan fingerprint density at radius 2 is 1.90 bits per heavy atom. The molecule has 1 aromatic heterocycles. The van der Waals surface area contributed by atoms with Crippen molar-refractivity contribution in [2.75, 3.05) is 13.2 Å². The Morgan fingerprint density at radius 1 is 1.16 bits per heavy atom. The highest BCUT2D eigenvalue weighted by Gasteiger charge is 2.43. The summed E-state index contributed by atoms with van der Waals surface area (Å²) < 4.78 is 26.4. The van der Waals surface area contributed by atoms with Crippen LogP contribution in [0.4, 0.5) is 4.39 Å². The topological polar surface area (TPSA) is 59.8 Å². The summed E-state index contributed by atoms with van der Waals surface area (Å²) in [5, 5.41) is 0.412. The van der Waals surface area contributed by atoms with Crippen LogP contribution in [0.1, 0.15) is 59.1 Å². The van der Waals surface area contributed by atoms with Gasteiger partial charge in [-0.1, -0.05) is 24.3 Å². The average Bonchev–Trinajstić information content (AvgIpc) is 2.99. The van der Waals surface area contributed by atoms with E-state index in [1.807, 2.05) is 33.8 Å². The van der Waals surface area contributed by atoms with Crippen molar-refractivity contribution in [3.63, 3.8) is 0 Å². The molecule has 1 aliphatic heterocycles. The molecule has 5 nitrogen and oxygen atoms in total. The van der Waals surface area contributed by atoms with Gasteiger partial charge in [-0.2, -0.15) is 0 Å². The first-order valence-electron chi connectivity index (χ1n) is 10.5. The number of hydrogen-bond acceptors (Lipinski definition) is 4. The predicted molar refractivity (Wildman–Crippen MR) is 117 cm³/mol. The number of fused-ring (bicyclic) bond motifs is 2. The molecular formula is C25H26FNO4. The van der Waals surface area contributed by atoms with Gasteiger partial charge in [-0.25, -0.2) is 4.39 Å². The van der Waals surface area contributed by atoms with Crippen LogP contribution in [0.3, 0.4) is 0 Å². The molecule has 1 unspecified atom stereocenters. The standard InChI is InChI=1S/C25H26FNO4/c1-14(2)30-11-7-10-27-21(17-8-5-6-9-19(17)26)20-22(28)18-13-15(3)12-16(4)23(18)31-24(20)25(27)29/h5-6,8-9,12-14,21H,7,10-11H2,1-4H3. The van der Waals surface area contributed by atoms with E-state index in [-0.39, 0.29) is 28.4 Å². The minimum Gasteiger partial charge on any atom is -0.450 e. The number of hydrogen-bond donors (Lipinski definition) is 0. The summed E-state index contributed by atoms with van der Waals surface area (Å²) in [5.41, 5.74) is 2.32. The van der Waals surface area contributed by atoms with Crippen LogP contribution in [0.2, 0.25) is 0 Å². The van der Waals surface area contributed by atoms with Crippen LogP contribution in [0.5, 0.6) is 0 Å². The lowest BCUT2D eigenvalue weighted by molar-refractivity contribution is 0.0592. The van der Waals surface area contributed by atoms with Crippen LogP contribution in [-0.4, -0.2) is 30.1 Å². The SMILES string of the molecule is Cc1cc(C)c2oc3c(c(=O)c2c1)C(c1ccccc1F)N(CCCOC(C)C)C3=O. The first kappa shape index (κ1) is 21.2. The van der Waals surface area contributed by atoms with Crippen LogP contribution in [0.25, 0.3) is 11.0 Å². The second-order valence-electron chi connectivity index (χ2n) is 8.33. The fourth-order valence-electron chi connectivity index (χ4n) is 4.28. The maximum absolute atomic E-state index is 14.8. The van der Waals surface area contributed by atoms with Crippen LogP contribution in [-0.2, 0) is 4.74 Å². The van der Waals surface area contributed by atoms with E-state index in [1.54, 1.807) is 24.3 Å². The van der Waals surface area contributed by atoms with E-state index in [2.05, 4.69) is 0 Å². The van der Waals surface area contributed by atoms with E-state index in [1.165, 1.54) is 11.0 Å². The first-order valence-corrected chi connectivity index (χ1v) is 10.5. The monoisotopic (exact) mass is 423 g/mol. The van der Waals surface area contributed by atoms with Crippen molar-refractivity contribution in [3.05, 3.63) is 80.5 Å². The molecule has 0 N–H and O–H groups in total. The Hall–Kier alpha value is -2.99. The Kier molecular flexibility index (Phi) is 5.67.